The molecule has 0 aliphatic carbocycles. The second kappa shape index (κ2) is 9.89. The van der Waals surface area contributed by atoms with E-state index in [1.807, 2.05) is 26.0 Å². The molecule has 0 bridgehead atoms. The van der Waals surface area contributed by atoms with E-state index < -0.39 is 5.91 Å². The minimum Gasteiger partial charge on any atom is -0.493 e. The highest BCUT2D eigenvalue weighted by atomic mass is 16.5. The molecule has 1 aromatic heterocycles. The highest BCUT2D eigenvalue weighted by Gasteiger charge is 2.16. The first kappa shape index (κ1) is 23.8. The van der Waals surface area contributed by atoms with E-state index in [0.717, 1.165) is 33.2 Å². The number of nitrogens with one attached hydrogen (secondary N) is 1. The summed E-state index contributed by atoms with van der Waals surface area (Å²) in [5.74, 6) is -0.241. The summed E-state index contributed by atoms with van der Waals surface area (Å²) >= 11 is 0. The van der Waals surface area contributed by atoms with E-state index in [9.17, 15) is 9.59 Å². The maximum atomic E-state index is 12.8. The molecular formula is C29H28N2O4. The summed E-state index contributed by atoms with van der Waals surface area (Å²) in [6, 6.07) is 16.7. The average Bonchev–Trinajstić information content (AvgIpc) is 3.21. The molecule has 2 amide bonds. The van der Waals surface area contributed by atoms with Gasteiger partial charge < -0.3 is 20.2 Å². The average molecular weight is 469 g/mol. The number of aryl methyl sites for hydroxylation is 2. The monoisotopic (exact) mass is 468 g/mol. The van der Waals surface area contributed by atoms with E-state index in [4.69, 9.17) is 14.9 Å². The van der Waals surface area contributed by atoms with Crippen LogP contribution in [0.2, 0.25) is 0 Å². The van der Waals surface area contributed by atoms with E-state index in [0.29, 0.717) is 29.2 Å². The normalized spacial score (nSPS) is 11.5. The summed E-state index contributed by atoms with van der Waals surface area (Å²) in [4.78, 5) is 24.2. The van der Waals surface area contributed by atoms with Crippen molar-refractivity contribution in [2.75, 3.05) is 11.9 Å². The van der Waals surface area contributed by atoms with Gasteiger partial charge >= 0.3 is 0 Å². The lowest BCUT2D eigenvalue weighted by Crippen LogP contribution is -2.13. The highest BCUT2D eigenvalue weighted by Crippen LogP contribution is 2.38. The number of amides is 2. The number of benzene rings is 3. The van der Waals surface area contributed by atoms with Crippen molar-refractivity contribution in [3.05, 3.63) is 89.2 Å². The number of nitrogens with two attached hydrogens (primary N) is 1. The molecule has 0 aliphatic heterocycles. The van der Waals surface area contributed by atoms with Crippen LogP contribution < -0.4 is 15.8 Å². The molecular weight excluding hydrogens is 440 g/mol. The van der Waals surface area contributed by atoms with Gasteiger partial charge in [0, 0.05) is 39.9 Å². The van der Waals surface area contributed by atoms with Gasteiger partial charge in [-0.1, -0.05) is 29.8 Å². The zero-order valence-electron chi connectivity index (χ0n) is 20.3. The predicted molar refractivity (Wildman–Crippen MR) is 140 cm³/mol. The fraction of sp³-hybridized carbons (Fsp3) is 0.172. The number of primary amides is 1. The molecule has 0 saturated carbocycles. The smallest absolute Gasteiger partial charge is 0.248 e. The van der Waals surface area contributed by atoms with Crippen molar-refractivity contribution in [2.45, 2.75) is 27.7 Å². The standard InChI is InChI=1S/C29H28N2O4/c1-5-34-26-15-27-24(25(16-35-27)22-10-9-17(2)11-18(22)3)14-23(26)19(4)12-28(32)31-21-8-6-7-20(13-21)29(30)33/h6-16H,5H2,1-4H3,(H2,30,33)(H,31,32)/b19-12+. The van der Waals surface area contributed by atoms with Crippen LogP contribution in [0.3, 0.4) is 0 Å². The molecule has 6 heteroatoms. The van der Waals surface area contributed by atoms with Crippen LogP contribution in [0.5, 0.6) is 5.75 Å². The van der Waals surface area contributed by atoms with Gasteiger partial charge in [-0.2, -0.15) is 0 Å². The van der Waals surface area contributed by atoms with Crippen LogP contribution in [0.4, 0.5) is 5.69 Å². The van der Waals surface area contributed by atoms with Crippen molar-refractivity contribution >= 4 is 34.0 Å². The third-order valence-corrected chi connectivity index (χ3v) is 5.83. The third-order valence-electron chi connectivity index (χ3n) is 5.83. The first-order valence-electron chi connectivity index (χ1n) is 11.4. The Hall–Kier alpha value is -4.32. The zero-order valence-corrected chi connectivity index (χ0v) is 20.3. The molecule has 3 N–H and O–H groups in total. The largest absolute Gasteiger partial charge is 0.493 e. The number of hydrogen-bond donors (Lipinski definition) is 2. The Morgan fingerprint density at radius 1 is 1.06 bits per heavy atom. The fourth-order valence-electron chi connectivity index (χ4n) is 4.17. The highest BCUT2D eigenvalue weighted by molar-refractivity contribution is 6.06. The minimum absolute atomic E-state index is 0.325. The molecule has 4 rings (SSSR count). The van der Waals surface area contributed by atoms with Gasteiger partial charge in [0.05, 0.1) is 12.9 Å². The van der Waals surface area contributed by atoms with Crippen LogP contribution in [0.15, 0.2) is 71.4 Å². The van der Waals surface area contributed by atoms with Crippen LogP contribution in [0.1, 0.15) is 40.9 Å². The lowest BCUT2D eigenvalue weighted by molar-refractivity contribution is -0.111. The second-order valence-electron chi connectivity index (χ2n) is 8.51. The van der Waals surface area contributed by atoms with Crippen LogP contribution in [-0.4, -0.2) is 18.4 Å². The van der Waals surface area contributed by atoms with Gasteiger partial charge in [0.25, 0.3) is 0 Å². The molecule has 35 heavy (non-hydrogen) atoms. The Kier molecular flexibility index (Phi) is 6.73. The van der Waals surface area contributed by atoms with Gasteiger partial charge in [0.15, 0.2) is 0 Å². The first-order chi connectivity index (χ1) is 16.8. The SMILES string of the molecule is CCOc1cc2occ(-c3ccc(C)cc3C)c2cc1/C(C)=C/C(=O)Nc1cccc(C(N)=O)c1. The van der Waals surface area contributed by atoms with Gasteiger partial charge in [-0.25, -0.2) is 0 Å². The van der Waals surface area contributed by atoms with Crippen LogP contribution in [-0.2, 0) is 4.79 Å². The molecule has 3 aromatic carbocycles. The van der Waals surface area contributed by atoms with Crippen LogP contribution in [0, 0.1) is 13.8 Å². The van der Waals surface area contributed by atoms with Crippen molar-refractivity contribution < 1.29 is 18.7 Å². The minimum atomic E-state index is -0.554. The molecule has 0 radical (unpaired) electrons. The molecule has 4 aromatic rings. The van der Waals surface area contributed by atoms with Gasteiger partial charge in [0.2, 0.25) is 11.8 Å². The van der Waals surface area contributed by atoms with E-state index in [1.165, 1.54) is 11.6 Å². The molecule has 0 fully saturated rings. The molecule has 0 aliphatic rings. The molecule has 0 atom stereocenters. The van der Waals surface area contributed by atoms with E-state index in [-0.39, 0.29) is 5.91 Å². The summed E-state index contributed by atoms with van der Waals surface area (Å²) in [5.41, 5.74) is 12.8. The maximum Gasteiger partial charge on any atom is 0.248 e. The number of furan rings is 1. The van der Waals surface area contributed by atoms with Gasteiger partial charge in [-0.05, 0) is 68.7 Å². The van der Waals surface area contributed by atoms with Crippen LogP contribution in [0.25, 0.3) is 27.7 Å². The van der Waals surface area contributed by atoms with Gasteiger partial charge in [-0.15, -0.1) is 0 Å². The van der Waals surface area contributed by atoms with Crippen LogP contribution >= 0.6 is 0 Å². The Bertz CT molecular complexity index is 1460. The van der Waals surface area contributed by atoms with E-state index in [1.54, 1.807) is 30.5 Å². The summed E-state index contributed by atoms with van der Waals surface area (Å²) in [5, 5.41) is 3.73. The Morgan fingerprint density at radius 2 is 1.86 bits per heavy atom. The van der Waals surface area contributed by atoms with Crippen molar-refractivity contribution in [2.24, 2.45) is 5.73 Å². The van der Waals surface area contributed by atoms with E-state index in [2.05, 4.69) is 37.4 Å². The molecule has 0 spiro atoms. The number of hydrogen-bond acceptors (Lipinski definition) is 4. The number of anilines is 1. The van der Waals surface area contributed by atoms with E-state index >= 15 is 0 Å². The second-order valence-corrected chi connectivity index (χ2v) is 8.51. The third kappa shape index (κ3) is 5.11. The molecule has 0 unspecified atom stereocenters. The molecule has 178 valence electrons. The number of carbonyl (C=O) groups excluding carboxylic acids is 2. The number of carbonyl (C=O) groups is 2. The topological polar surface area (TPSA) is 94.6 Å². The van der Waals surface area contributed by atoms with Crippen molar-refractivity contribution in [1.29, 1.82) is 0 Å². The van der Waals surface area contributed by atoms with Gasteiger partial charge in [0.1, 0.15) is 11.3 Å². The quantitative estimate of drug-likeness (QED) is 0.313. The molecule has 6 nitrogen and oxygen atoms in total. The number of rotatable bonds is 7. The number of fused-ring (bicyclic) bond motifs is 1. The Balaban J connectivity index is 1.72. The van der Waals surface area contributed by atoms with Gasteiger partial charge in [-0.3, -0.25) is 9.59 Å². The molecule has 0 saturated heterocycles. The summed E-state index contributed by atoms with van der Waals surface area (Å²) in [7, 11) is 0. The Labute approximate surface area is 204 Å². The first-order valence-corrected chi connectivity index (χ1v) is 11.4. The lowest BCUT2D eigenvalue weighted by Gasteiger charge is -2.12. The predicted octanol–water partition coefficient (Wildman–Crippen LogP) is 6.26. The summed E-state index contributed by atoms with van der Waals surface area (Å²) in [6.45, 7) is 8.40. The summed E-state index contributed by atoms with van der Waals surface area (Å²) in [6.07, 6.45) is 3.27. The lowest BCUT2D eigenvalue weighted by atomic mass is 9.96. The van der Waals surface area contributed by atoms with Crippen molar-refractivity contribution in [1.82, 2.24) is 0 Å². The Morgan fingerprint density at radius 3 is 2.57 bits per heavy atom. The van der Waals surface area contributed by atoms with Crippen molar-refractivity contribution in [3.8, 4) is 16.9 Å². The molecule has 1 heterocycles. The number of allylic oxidation sites excluding steroid dienone is 1. The summed E-state index contributed by atoms with van der Waals surface area (Å²) < 4.78 is 11.8. The van der Waals surface area contributed by atoms with Crippen molar-refractivity contribution in [3.63, 3.8) is 0 Å². The fourth-order valence-corrected chi connectivity index (χ4v) is 4.17. The maximum absolute atomic E-state index is 12.8. The zero-order chi connectivity index (χ0) is 25.1. The number of ether oxygens (including phenoxy) is 1.